The van der Waals surface area contributed by atoms with Crippen molar-refractivity contribution < 1.29 is 22.3 Å². The molecule has 8 heteroatoms. The minimum atomic E-state index is -4.42. The Balaban J connectivity index is 0.00000176. The van der Waals surface area contributed by atoms with E-state index in [0.717, 1.165) is 0 Å². The third-order valence-electron chi connectivity index (χ3n) is 3.54. The Labute approximate surface area is 156 Å². The molecule has 0 radical (unpaired) electrons. The number of hydrazone groups is 1. The van der Waals surface area contributed by atoms with Gasteiger partial charge in [0.15, 0.2) is 6.61 Å². The van der Waals surface area contributed by atoms with Gasteiger partial charge in [0, 0.05) is 30.7 Å². The lowest BCUT2D eigenvalue weighted by Gasteiger charge is -2.23. The summed E-state index contributed by atoms with van der Waals surface area (Å²) in [6, 6.07) is 2.93. The largest absolute Gasteiger partial charge is 0.468 e. The summed E-state index contributed by atoms with van der Waals surface area (Å²) in [5.74, 6) is -0.125. The van der Waals surface area contributed by atoms with Crippen LogP contribution in [0.5, 0.6) is 5.88 Å². The first kappa shape index (κ1) is 22.4. The molecule has 2 rings (SSSR count). The van der Waals surface area contributed by atoms with E-state index in [4.69, 9.17) is 0 Å². The molecule has 0 aliphatic carbocycles. The van der Waals surface area contributed by atoms with Crippen LogP contribution in [0.1, 0.15) is 33.3 Å². The zero-order chi connectivity index (χ0) is 20.6. The van der Waals surface area contributed by atoms with Crippen LogP contribution < -0.4 is 4.74 Å². The Morgan fingerprint density at radius 3 is 2.48 bits per heavy atom. The average molecular weight is 385 g/mol. The summed E-state index contributed by atoms with van der Waals surface area (Å²) in [5, 5.41) is 5.25. The van der Waals surface area contributed by atoms with Crippen LogP contribution in [-0.2, 0) is 0 Å². The molecule has 0 N–H and O–H groups in total. The molecule has 1 unspecified atom stereocenters. The van der Waals surface area contributed by atoms with E-state index in [-0.39, 0.29) is 5.88 Å². The van der Waals surface area contributed by atoms with Crippen molar-refractivity contribution in [1.82, 2.24) is 9.99 Å². The first-order chi connectivity index (χ1) is 12.7. The van der Waals surface area contributed by atoms with Gasteiger partial charge in [-0.05, 0) is 43.2 Å². The maximum absolute atomic E-state index is 13.6. The maximum Gasteiger partial charge on any atom is 0.422 e. The molecule has 0 saturated carbocycles. The van der Waals surface area contributed by atoms with Crippen molar-refractivity contribution in [2.24, 2.45) is 5.10 Å². The molecule has 1 aliphatic heterocycles. The van der Waals surface area contributed by atoms with Crippen LogP contribution in [0.15, 0.2) is 53.1 Å². The quantitative estimate of drug-likeness (QED) is 0.495. The fourth-order valence-corrected chi connectivity index (χ4v) is 2.09. The Hall–Kier alpha value is -2.64. The molecule has 27 heavy (non-hydrogen) atoms. The second-order valence-corrected chi connectivity index (χ2v) is 5.37. The van der Waals surface area contributed by atoms with Gasteiger partial charge < -0.3 is 4.74 Å². The van der Waals surface area contributed by atoms with Crippen LogP contribution in [0, 0.1) is 0 Å². The second kappa shape index (κ2) is 9.89. The third-order valence-corrected chi connectivity index (χ3v) is 3.54. The molecule has 0 bridgehead atoms. The molecule has 0 amide bonds. The SMILES string of the molecule is C=NN1C=CC(c2ccc(OCC(F)(F)F)nc2)=C/C1=C(/C)C(C)F.CC. The third kappa shape index (κ3) is 6.54. The number of hydrogen-bond donors (Lipinski definition) is 0. The number of alkyl halides is 4. The van der Waals surface area contributed by atoms with E-state index in [2.05, 4.69) is 21.5 Å². The summed E-state index contributed by atoms with van der Waals surface area (Å²) in [5.41, 5.74) is 2.38. The van der Waals surface area contributed by atoms with E-state index in [1.165, 1.54) is 24.2 Å². The smallest absolute Gasteiger partial charge is 0.422 e. The topological polar surface area (TPSA) is 37.7 Å². The van der Waals surface area contributed by atoms with E-state index >= 15 is 0 Å². The van der Waals surface area contributed by atoms with Gasteiger partial charge in [-0.3, -0.25) is 0 Å². The van der Waals surface area contributed by atoms with Gasteiger partial charge in [0.25, 0.3) is 0 Å². The molecule has 0 saturated heterocycles. The molecule has 0 spiro atoms. The van der Waals surface area contributed by atoms with Crippen molar-refractivity contribution in [1.29, 1.82) is 0 Å². The Kier molecular flexibility index (Phi) is 8.21. The number of halogens is 4. The molecule has 0 aromatic carbocycles. The van der Waals surface area contributed by atoms with E-state index in [1.807, 2.05) is 13.8 Å². The van der Waals surface area contributed by atoms with Gasteiger partial charge in [0.05, 0.1) is 5.70 Å². The number of allylic oxidation sites excluding steroid dienone is 4. The lowest BCUT2D eigenvalue weighted by atomic mass is 10.0. The summed E-state index contributed by atoms with van der Waals surface area (Å²) in [7, 11) is 0. The number of ether oxygens (including phenoxy) is 1. The maximum atomic E-state index is 13.6. The molecule has 1 atom stereocenters. The number of hydrogen-bond acceptors (Lipinski definition) is 4. The first-order valence-electron chi connectivity index (χ1n) is 8.38. The van der Waals surface area contributed by atoms with Crippen LogP contribution in [0.25, 0.3) is 5.57 Å². The lowest BCUT2D eigenvalue weighted by Crippen LogP contribution is -2.19. The van der Waals surface area contributed by atoms with Crippen LogP contribution in [0.3, 0.4) is 0 Å². The van der Waals surface area contributed by atoms with Gasteiger partial charge in [-0.2, -0.15) is 18.3 Å². The predicted octanol–water partition coefficient (Wildman–Crippen LogP) is 5.51. The summed E-state index contributed by atoms with van der Waals surface area (Å²) in [4.78, 5) is 3.86. The molecule has 1 aliphatic rings. The van der Waals surface area contributed by atoms with Crippen molar-refractivity contribution in [3.05, 3.63) is 53.5 Å². The fraction of sp³-hybridized carbons (Fsp3) is 0.368. The molecular formula is C19H23F4N3O. The van der Waals surface area contributed by atoms with Gasteiger partial charge in [0.1, 0.15) is 6.17 Å². The van der Waals surface area contributed by atoms with Gasteiger partial charge in [-0.25, -0.2) is 14.4 Å². The highest BCUT2D eigenvalue weighted by atomic mass is 19.4. The zero-order valence-corrected chi connectivity index (χ0v) is 15.7. The normalized spacial score (nSPS) is 16.7. The van der Waals surface area contributed by atoms with Crippen molar-refractivity contribution in [2.45, 2.75) is 40.0 Å². The molecule has 148 valence electrons. The number of aromatic nitrogens is 1. The number of rotatable bonds is 5. The standard InChI is InChI=1S/C17H17F4N3O.C2H6/c1-11(12(2)18)15-8-13(6-7-24(15)22-3)14-4-5-16(23-9-14)25-10-17(19,20)21;1-2/h4-9,12H,3,10H2,1-2H3;1-2H3/b15-11+;. The molecule has 2 heterocycles. The van der Waals surface area contributed by atoms with Gasteiger partial charge in [0.2, 0.25) is 5.88 Å². The summed E-state index contributed by atoms with van der Waals surface area (Å²) in [6.45, 7) is 9.11. The Morgan fingerprint density at radius 1 is 1.33 bits per heavy atom. The van der Waals surface area contributed by atoms with Crippen LogP contribution >= 0.6 is 0 Å². The van der Waals surface area contributed by atoms with Gasteiger partial charge >= 0.3 is 6.18 Å². The highest BCUT2D eigenvalue weighted by Crippen LogP contribution is 2.28. The summed E-state index contributed by atoms with van der Waals surface area (Å²) in [6.07, 6.45) is 0.868. The molecular weight excluding hydrogens is 362 g/mol. The van der Waals surface area contributed by atoms with Crippen LogP contribution in [0.4, 0.5) is 17.6 Å². The van der Waals surface area contributed by atoms with E-state index in [1.54, 1.807) is 31.3 Å². The Morgan fingerprint density at radius 2 is 2.00 bits per heavy atom. The zero-order valence-electron chi connectivity index (χ0n) is 15.7. The van der Waals surface area contributed by atoms with Crippen molar-refractivity contribution in [2.75, 3.05) is 6.61 Å². The van der Waals surface area contributed by atoms with E-state index in [0.29, 0.717) is 22.4 Å². The highest BCUT2D eigenvalue weighted by Gasteiger charge is 2.28. The van der Waals surface area contributed by atoms with Crippen molar-refractivity contribution in [3.63, 3.8) is 0 Å². The lowest BCUT2D eigenvalue weighted by molar-refractivity contribution is -0.154. The number of pyridine rings is 1. The monoisotopic (exact) mass is 385 g/mol. The minimum Gasteiger partial charge on any atom is -0.468 e. The first-order valence-corrected chi connectivity index (χ1v) is 8.38. The van der Waals surface area contributed by atoms with Gasteiger partial charge in [-0.1, -0.05) is 13.8 Å². The van der Waals surface area contributed by atoms with Crippen molar-refractivity contribution in [3.8, 4) is 5.88 Å². The van der Waals surface area contributed by atoms with Gasteiger partial charge in [-0.15, -0.1) is 0 Å². The van der Waals surface area contributed by atoms with E-state index in [9.17, 15) is 17.6 Å². The molecule has 0 fully saturated rings. The number of nitrogens with zero attached hydrogens (tertiary/aromatic N) is 3. The predicted molar refractivity (Wildman–Crippen MR) is 98.9 cm³/mol. The van der Waals surface area contributed by atoms with Crippen molar-refractivity contribution >= 4 is 12.3 Å². The second-order valence-electron chi connectivity index (χ2n) is 5.37. The van der Waals surface area contributed by atoms with Crippen LogP contribution in [0.2, 0.25) is 0 Å². The Bertz CT molecular complexity index is 719. The minimum absolute atomic E-state index is 0.125. The molecule has 1 aromatic heterocycles. The fourth-order valence-electron chi connectivity index (χ4n) is 2.09. The van der Waals surface area contributed by atoms with E-state index < -0.39 is 19.0 Å². The highest BCUT2D eigenvalue weighted by molar-refractivity contribution is 5.77. The average Bonchev–Trinajstić information content (AvgIpc) is 2.66. The summed E-state index contributed by atoms with van der Waals surface area (Å²) < 4.78 is 54.6. The van der Waals surface area contributed by atoms with Crippen LogP contribution in [-0.4, -0.2) is 35.7 Å². The molecule has 1 aromatic rings. The summed E-state index contributed by atoms with van der Waals surface area (Å²) >= 11 is 0. The molecule has 4 nitrogen and oxygen atoms in total.